The second kappa shape index (κ2) is 8.84. The van der Waals surface area contributed by atoms with Gasteiger partial charge in [0.05, 0.1) is 12.0 Å². The van der Waals surface area contributed by atoms with Gasteiger partial charge in [0, 0.05) is 6.54 Å². The highest BCUT2D eigenvalue weighted by Gasteiger charge is 2.41. The first-order chi connectivity index (χ1) is 11.4. The molecule has 5 nitrogen and oxygen atoms in total. The number of rotatable bonds is 6. The molecule has 1 saturated heterocycles. The zero-order chi connectivity index (χ0) is 17.7. The summed E-state index contributed by atoms with van der Waals surface area (Å²) in [5.41, 5.74) is 0. The minimum absolute atomic E-state index is 0.123. The molecule has 1 heterocycles. The van der Waals surface area contributed by atoms with E-state index in [1.165, 1.54) is 6.42 Å². The number of likely N-dealkylation sites (tertiary alicyclic amines) is 1. The van der Waals surface area contributed by atoms with E-state index in [2.05, 4.69) is 0 Å². The van der Waals surface area contributed by atoms with Gasteiger partial charge in [-0.15, -0.1) is 0 Å². The first-order valence-electron chi connectivity index (χ1n) is 9.63. The molecule has 1 aliphatic heterocycles. The summed E-state index contributed by atoms with van der Waals surface area (Å²) in [6.45, 7) is 4.60. The Morgan fingerprint density at radius 2 is 1.67 bits per heavy atom. The summed E-state index contributed by atoms with van der Waals surface area (Å²) in [5.74, 6) is -0.967. The number of carboxylic acid groups (broad SMARTS) is 1. The number of nitrogens with zero attached hydrogens (tertiary/aromatic N) is 1. The largest absolute Gasteiger partial charge is 0.480 e. The second-order valence-corrected chi connectivity index (χ2v) is 8.00. The maximum absolute atomic E-state index is 13.2. The van der Waals surface area contributed by atoms with Gasteiger partial charge in [-0.05, 0) is 50.4 Å². The molecule has 0 aromatic heterocycles. The fourth-order valence-corrected chi connectivity index (χ4v) is 4.45. The van der Waals surface area contributed by atoms with Crippen molar-refractivity contribution in [2.24, 2.45) is 17.8 Å². The van der Waals surface area contributed by atoms with Crippen LogP contribution in [0.5, 0.6) is 0 Å². The lowest BCUT2D eigenvalue weighted by Crippen LogP contribution is -2.53. The van der Waals surface area contributed by atoms with E-state index in [4.69, 9.17) is 0 Å². The Kier molecular flexibility index (Phi) is 7.08. The summed E-state index contributed by atoms with van der Waals surface area (Å²) in [5, 5.41) is 20.2. The van der Waals surface area contributed by atoms with Crippen LogP contribution in [0.4, 0.5) is 0 Å². The van der Waals surface area contributed by atoms with Crippen LogP contribution in [0.2, 0.25) is 0 Å². The van der Waals surface area contributed by atoms with Gasteiger partial charge < -0.3 is 15.1 Å². The average Bonchev–Trinajstić information content (AvgIpc) is 2.55. The molecule has 24 heavy (non-hydrogen) atoms. The number of piperidine rings is 1. The summed E-state index contributed by atoms with van der Waals surface area (Å²) in [4.78, 5) is 26.3. The van der Waals surface area contributed by atoms with Crippen LogP contribution in [0.1, 0.15) is 71.6 Å². The third-order valence-corrected chi connectivity index (χ3v) is 5.64. The number of amides is 1. The van der Waals surface area contributed by atoms with Crippen LogP contribution < -0.4 is 0 Å². The summed E-state index contributed by atoms with van der Waals surface area (Å²) in [7, 11) is 0. The monoisotopic (exact) mass is 339 g/mol. The number of carbonyl (C=O) groups is 2. The highest BCUT2D eigenvalue weighted by Crippen LogP contribution is 2.35. The molecular formula is C19H33NO4. The molecule has 2 N–H and O–H groups in total. The smallest absolute Gasteiger partial charge is 0.326 e. The minimum atomic E-state index is -0.913. The lowest BCUT2D eigenvalue weighted by Gasteiger charge is -2.40. The van der Waals surface area contributed by atoms with Crippen LogP contribution in [-0.4, -0.2) is 45.7 Å². The number of hydrogen-bond acceptors (Lipinski definition) is 3. The predicted molar refractivity (Wildman–Crippen MR) is 92.5 cm³/mol. The van der Waals surface area contributed by atoms with E-state index in [1.807, 2.05) is 13.8 Å². The Morgan fingerprint density at radius 1 is 1.04 bits per heavy atom. The molecule has 0 spiro atoms. The molecule has 138 valence electrons. The molecule has 3 atom stereocenters. The Labute approximate surface area is 145 Å². The van der Waals surface area contributed by atoms with Gasteiger partial charge in [-0.3, -0.25) is 4.79 Å². The quantitative estimate of drug-likeness (QED) is 0.779. The van der Waals surface area contributed by atoms with E-state index in [0.717, 1.165) is 38.5 Å². The van der Waals surface area contributed by atoms with E-state index in [0.29, 0.717) is 25.3 Å². The van der Waals surface area contributed by atoms with Crippen LogP contribution in [0.25, 0.3) is 0 Å². The topological polar surface area (TPSA) is 77.8 Å². The number of carboxylic acids is 1. The van der Waals surface area contributed by atoms with Crippen molar-refractivity contribution in [2.75, 3.05) is 6.54 Å². The van der Waals surface area contributed by atoms with Gasteiger partial charge in [0.15, 0.2) is 0 Å². The predicted octanol–water partition coefficient (Wildman–Crippen LogP) is 3.06. The van der Waals surface area contributed by atoms with Crippen molar-refractivity contribution in [1.82, 2.24) is 4.90 Å². The Balaban J connectivity index is 2.19. The van der Waals surface area contributed by atoms with Gasteiger partial charge in [0.25, 0.3) is 0 Å². The molecule has 2 fully saturated rings. The van der Waals surface area contributed by atoms with Gasteiger partial charge in [-0.25, -0.2) is 4.79 Å². The van der Waals surface area contributed by atoms with E-state index < -0.39 is 24.0 Å². The van der Waals surface area contributed by atoms with Crippen molar-refractivity contribution in [3.63, 3.8) is 0 Å². The third kappa shape index (κ3) is 4.71. The van der Waals surface area contributed by atoms with E-state index in [9.17, 15) is 19.8 Å². The van der Waals surface area contributed by atoms with Crippen molar-refractivity contribution in [1.29, 1.82) is 0 Å². The number of carbonyl (C=O) groups excluding carboxylic acids is 1. The van der Waals surface area contributed by atoms with E-state index >= 15 is 0 Å². The fourth-order valence-electron chi connectivity index (χ4n) is 4.45. The van der Waals surface area contributed by atoms with Crippen molar-refractivity contribution in [3.05, 3.63) is 0 Å². The molecule has 1 amide bonds. The van der Waals surface area contributed by atoms with Crippen LogP contribution >= 0.6 is 0 Å². The molecule has 2 aliphatic rings. The summed E-state index contributed by atoms with van der Waals surface area (Å²) < 4.78 is 0. The standard InChI is InChI=1S/C19H33NO4/c1-13(2)12-16(21)17(14-8-4-3-5-9-14)18(22)20-11-7-6-10-15(20)19(23)24/h13-17,21H,3-12H2,1-2H3,(H,23,24)/t15?,16-,17+/m1/s1. The first-order valence-corrected chi connectivity index (χ1v) is 9.63. The molecule has 1 unspecified atom stereocenters. The lowest BCUT2D eigenvalue weighted by molar-refractivity contribution is -0.158. The average molecular weight is 339 g/mol. The van der Waals surface area contributed by atoms with E-state index in [1.54, 1.807) is 4.90 Å². The van der Waals surface area contributed by atoms with Crippen molar-refractivity contribution < 1.29 is 19.8 Å². The molecule has 0 aromatic carbocycles. The number of aliphatic carboxylic acids is 1. The molecule has 0 radical (unpaired) electrons. The van der Waals surface area contributed by atoms with Crippen molar-refractivity contribution in [2.45, 2.75) is 83.8 Å². The third-order valence-electron chi connectivity index (χ3n) is 5.64. The maximum Gasteiger partial charge on any atom is 0.326 e. The van der Waals surface area contributed by atoms with Crippen LogP contribution in [-0.2, 0) is 9.59 Å². The first kappa shape index (κ1) is 19.2. The van der Waals surface area contributed by atoms with Crippen LogP contribution in [0.3, 0.4) is 0 Å². The zero-order valence-electron chi connectivity index (χ0n) is 15.1. The Morgan fingerprint density at radius 3 is 2.25 bits per heavy atom. The molecule has 1 saturated carbocycles. The minimum Gasteiger partial charge on any atom is -0.480 e. The van der Waals surface area contributed by atoms with E-state index in [-0.39, 0.29) is 11.8 Å². The lowest BCUT2D eigenvalue weighted by atomic mass is 9.75. The maximum atomic E-state index is 13.2. The second-order valence-electron chi connectivity index (χ2n) is 8.00. The van der Waals surface area contributed by atoms with Crippen molar-refractivity contribution >= 4 is 11.9 Å². The molecule has 2 rings (SSSR count). The summed E-state index contributed by atoms with van der Waals surface area (Å²) in [6, 6.07) is -0.719. The molecule has 5 heteroatoms. The number of hydrogen-bond donors (Lipinski definition) is 2. The molecule has 0 bridgehead atoms. The van der Waals surface area contributed by atoms with Gasteiger partial charge in [-0.1, -0.05) is 33.1 Å². The SMILES string of the molecule is CC(C)C[C@@H](O)[C@@H](C(=O)N1CCCCC1C(=O)O)C1CCCCC1. The van der Waals surface area contributed by atoms with Gasteiger partial charge in [0.1, 0.15) is 6.04 Å². The van der Waals surface area contributed by atoms with Crippen LogP contribution in [0.15, 0.2) is 0 Å². The molecule has 0 aromatic rings. The summed E-state index contributed by atoms with van der Waals surface area (Å²) >= 11 is 0. The number of aliphatic hydroxyl groups is 1. The molecule has 1 aliphatic carbocycles. The van der Waals surface area contributed by atoms with Gasteiger partial charge in [0.2, 0.25) is 5.91 Å². The zero-order valence-corrected chi connectivity index (χ0v) is 15.1. The van der Waals surface area contributed by atoms with Gasteiger partial charge in [-0.2, -0.15) is 0 Å². The van der Waals surface area contributed by atoms with Crippen LogP contribution in [0, 0.1) is 17.8 Å². The Bertz CT molecular complexity index is 431. The summed E-state index contributed by atoms with van der Waals surface area (Å²) in [6.07, 6.45) is 7.49. The van der Waals surface area contributed by atoms with Gasteiger partial charge >= 0.3 is 5.97 Å². The normalized spacial score (nSPS) is 25.5. The molecular weight excluding hydrogens is 306 g/mol. The number of aliphatic hydroxyl groups excluding tert-OH is 1. The van der Waals surface area contributed by atoms with Crippen molar-refractivity contribution in [3.8, 4) is 0 Å². The Hall–Kier alpha value is -1.10. The highest BCUT2D eigenvalue weighted by molar-refractivity contribution is 5.86. The highest BCUT2D eigenvalue weighted by atomic mass is 16.4. The fraction of sp³-hybridized carbons (Fsp3) is 0.895.